The van der Waals surface area contributed by atoms with Crippen LogP contribution in [0.1, 0.15) is 36.0 Å². The van der Waals surface area contributed by atoms with Crippen molar-refractivity contribution in [3.05, 3.63) is 29.6 Å². The molecule has 0 aromatic heterocycles. The Hall–Kier alpha value is -2.11. The molecular weight excluding hydrogens is 289 g/mol. The van der Waals surface area contributed by atoms with Gasteiger partial charge in [0.25, 0.3) is 5.91 Å². The van der Waals surface area contributed by atoms with Gasteiger partial charge in [-0.2, -0.15) is 0 Å². The number of amides is 1. The van der Waals surface area contributed by atoms with Gasteiger partial charge in [0.05, 0.1) is 12.7 Å². The van der Waals surface area contributed by atoms with Crippen molar-refractivity contribution in [2.24, 2.45) is 5.92 Å². The lowest BCUT2D eigenvalue weighted by Gasteiger charge is -2.33. The van der Waals surface area contributed by atoms with E-state index < -0.39 is 11.8 Å². The van der Waals surface area contributed by atoms with Crippen molar-refractivity contribution in [1.29, 1.82) is 0 Å². The Morgan fingerprint density at radius 2 is 2.23 bits per heavy atom. The van der Waals surface area contributed by atoms with Crippen LogP contribution in [0.2, 0.25) is 0 Å². The molecule has 1 aromatic rings. The first-order chi connectivity index (χ1) is 10.5. The van der Waals surface area contributed by atoms with Crippen LogP contribution in [0.5, 0.6) is 5.75 Å². The molecule has 1 atom stereocenters. The number of hydrogen-bond donors (Lipinski definition) is 1. The first kappa shape index (κ1) is 16.3. The molecule has 0 spiro atoms. The highest BCUT2D eigenvalue weighted by molar-refractivity contribution is 5.97. The standard InChI is InChI=1S/C16H20FNO4/c1-22-14-6-5-12(17)9-13(14)16(21)18-8-2-3-11(10-18)4-7-15(19)20/h5-6,9,11H,2-4,7-8,10H2,1H3,(H,19,20)/t11-/m1/s1. The Kier molecular flexibility index (Phi) is 5.35. The molecule has 2 rings (SSSR count). The van der Waals surface area contributed by atoms with Gasteiger partial charge in [-0.05, 0) is 43.4 Å². The summed E-state index contributed by atoms with van der Waals surface area (Å²) in [6.07, 6.45) is 2.40. The summed E-state index contributed by atoms with van der Waals surface area (Å²) in [4.78, 5) is 24.9. The smallest absolute Gasteiger partial charge is 0.303 e. The minimum atomic E-state index is -0.824. The molecule has 0 unspecified atom stereocenters. The topological polar surface area (TPSA) is 66.8 Å². The summed E-state index contributed by atoms with van der Waals surface area (Å²) in [5.41, 5.74) is 0.210. The first-order valence-corrected chi connectivity index (χ1v) is 7.36. The third-order valence-corrected chi connectivity index (χ3v) is 3.96. The van der Waals surface area contributed by atoms with Gasteiger partial charge in [-0.15, -0.1) is 0 Å². The summed E-state index contributed by atoms with van der Waals surface area (Å²) in [5.74, 6) is -1.05. The van der Waals surface area contributed by atoms with E-state index in [1.807, 2.05) is 0 Å². The lowest BCUT2D eigenvalue weighted by Crippen LogP contribution is -2.40. The first-order valence-electron chi connectivity index (χ1n) is 7.36. The van der Waals surface area contributed by atoms with E-state index in [2.05, 4.69) is 0 Å². The molecule has 1 aromatic carbocycles. The second-order valence-corrected chi connectivity index (χ2v) is 5.54. The van der Waals surface area contributed by atoms with Crippen molar-refractivity contribution in [1.82, 2.24) is 4.90 Å². The highest BCUT2D eigenvalue weighted by Crippen LogP contribution is 2.26. The van der Waals surface area contributed by atoms with Gasteiger partial charge in [0, 0.05) is 19.5 Å². The molecule has 0 radical (unpaired) electrons. The Balaban J connectivity index is 2.08. The fourth-order valence-corrected chi connectivity index (χ4v) is 2.83. The number of piperidine rings is 1. The number of likely N-dealkylation sites (tertiary alicyclic amines) is 1. The number of methoxy groups -OCH3 is 1. The average Bonchev–Trinajstić information content (AvgIpc) is 2.52. The van der Waals surface area contributed by atoms with E-state index in [0.717, 1.165) is 12.8 Å². The van der Waals surface area contributed by atoms with Crippen LogP contribution in [0.4, 0.5) is 4.39 Å². The number of carbonyl (C=O) groups is 2. The third kappa shape index (κ3) is 3.96. The van der Waals surface area contributed by atoms with Crippen molar-refractivity contribution in [2.45, 2.75) is 25.7 Å². The predicted octanol–water partition coefficient (Wildman–Crippen LogP) is 2.55. The molecule has 22 heavy (non-hydrogen) atoms. The van der Waals surface area contributed by atoms with E-state index in [4.69, 9.17) is 9.84 Å². The molecule has 1 aliphatic heterocycles. The van der Waals surface area contributed by atoms with Gasteiger partial charge < -0.3 is 14.7 Å². The van der Waals surface area contributed by atoms with Crippen LogP contribution in [0.15, 0.2) is 18.2 Å². The molecule has 1 heterocycles. The largest absolute Gasteiger partial charge is 0.496 e. The van der Waals surface area contributed by atoms with Crippen LogP contribution in [0.25, 0.3) is 0 Å². The Labute approximate surface area is 128 Å². The number of rotatable bonds is 5. The fourth-order valence-electron chi connectivity index (χ4n) is 2.83. The van der Waals surface area contributed by atoms with Crippen molar-refractivity contribution >= 4 is 11.9 Å². The number of halogens is 1. The second kappa shape index (κ2) is 7.24. The maximum atomic E-state index is 13.4. The second-order valence-electron chi connectivity index (χ2n) is 5.54. The number of ether oxygens (including phenoxy) is 1. The number of carboxylic acid groups (broad SMARTS) is 1. The fraction of sp³-hybridized carbons (Fsp3) is 0.500. The summed E-state index contributed by atoms with van der Waals surface area (Å²) >= 11 is 0. The summed E-state index contributed by atoms with van der Waals surface area (Å²) in [6, 6.07) is 3.87. The minimum absolute atomic E-state index is 0.107. The average molecular weight is 309 g/mol. The molecule has 6 heteroatoms. The van der Waals surface area contributed by atoms with Crippen LogP contribution in [-0.2, 0) is 4.79 Å². The molecule has 120 valence electrons. The zero-order valence-corrected chi connectivity index (χ0v) is 12.5. The van der Waals surface area contributed by atoms with Crippen molar-refractivity contribution < 1.29 is 23.8 Å². The van der Waals surface area contributed by atoms with Crippen LogP contribution in [-0.4, -0.2) is 42.1 Å². The summed E-state index contributed by atoms with van der Waals surface area (Å²) in [5, 5.41) is 8.76. The zero-order valence-electron chi connectivity index (χ0n) is 12.5. The quantitative estimate of drug-likeness (QED) is 0.907. The molecule has 0 saturated carbocycles. The van der Waals surface area contributed by atoms with Gasteiger partial charge in [-0.1, -0.05) is 0 Å². The van der Waals surface area contributed by atoms with E-state index in [-0.39, 0.29) is 23.8 Å². The van der Waals surface area contributed by atoms with Crippen LogP contribution in [0.3, 0.4) is 0 Å². The lowest BCUT2D eigenvalue weighted by molar-refractivity contribution is -0.137. The number of carboxylic acids is 1. The van der Waals surface area contributed by atoms with Crippen LogP contribution >= 0.6 is 0 Å². The summed E-state index contributed by atoms with van der Waals surface area (Å²) < 4.78 is 18.5. The lowest BCUT2D eigenvalue weighted by atomic mass is 9.93. The molecule has 1 amide bonds. The molecule has 1 aliphatic rings. The Bertz CT molecular complexity index is 561. The summed E-state index contributed by atoms with van der Waals surface area (Å²) in [7, 11) is 1.44. The maximum Gasteiger partial charge on any atom is 0.303 e. The minimum Gasteiger partial charge on any atom is -0.496 e. The van der Waals surface area contributed by atoms with Gasteiger partial charge in [-0.3, -0.25) is 9.59 Å². The summed E-state index contributed by atoms with van der Waals surface area (Å²) in [6.45, 7) is 1.11. The maximum absolute atomic E-state index is 13.4. The molecule has 0 aliphatic carbocycles. The van der Waals surface area contributed by atoms with E-state index in [1.54, 1.807) is 4.90 Å². The highest BCUT2D eigenvalue weighted by atomic mass is 19.1. The normalized spacial score (nSPS) is 18.1. The van der Waals surface area contributed by atoms with E-state index in [1.165, 1.54) is 25.3 Å². The predicted molar refractivity (Wildman–Crippen MR) is 78.4 cm³/mol. The van der Waals surface area contributed by atoms with Gasteiger partial charge in [0.1, 0.15) is 11.6 Å². The molecule has 0 bridgehead atoms. The molecule has 1 fully saturated rings. The highest BCUT2D eigenvalue weighted by Gasteiger charge is 2.26. The number of carbonyl (C=O) groups excluding carboxylic acids is 1. The van der Waals surface area contributed by atoms with Gasteiger partial charge >= 0.3 is 5.97 Å². The van der Waals surface area contributed by atoms with Crippen molar-refractivity contribution in [3.63, 3.8) is 0 Å². The van der Waals surface area contributed by atoms with Crippen LogP contribution < -0.4 is 4.74 Å². The van der Waals surface area contributed by atoms with E-state index >= 15 is 0 Å². The zero-order chi connectivity index (χ0) is 16.1. The molecular formula is C16H20FNO4. The monoisotopic (exact) mass is 309 g/mol. The SMILES string of the molecule is COc1ccc(F)cc1C(=O)N1CCC[C@H](CCC(=O)O)C1. The van der Waals surface area contributed by atoms with E-state index in [9.17, 15) is 14.0 Å². The number of aliphatic carboxylic acids is 1. The third-order valence-electron chi connectivity index (χ3n) is 3.96. The van der Waals surface area contributed by atoms with Crippen molar-refractivity contribution in [3.8, 4) is 5.75 Å². The van der Waals surface area contributed by atoms with Gasteiger partial charge in [-0.25, -0.2) is 4.39 Å². The Morgan fingerprint density at radius 3 is 2.91 bits per heavy atom. The number of benzene rings is 1. The van der Waals surface area contributed by atoms with Crippen molar-refractivity contribution in [2.75, 3.05) is 20.2 Å². The Morgan fingerprint density at radius 1 is 1.45 bits per heavy atom. The van der Waals surface area contributed by atoms with E-state index in [0.29, 0.717) is 25.3 Å². The van der Waals surface area contributed by atoms with Crippen LogP contribution in [0, 0.1) is 11.7 Å². The number of hydrogen-bond acceptors (Lipinski definition) is 3. The van der Waals surface area contributed by atoms with Gasteiger partial charge in [0.15, 0.2) is 0 Å². The molecule has 1 saturated heterocycles. The molecule has 5 nitrogen and oxygen atoms in total. The van der Waals surface area contributed by atoms with Gasteiger partial charge in [0.2, 0.25) is 0 Å². The number of nitrogens with zero attached hydrogens (tertiary/aromatic N) is 1. The molecule has 1 N–H and O–H groups in total.